The summed E-state index contributed by atoms with van der Waals surface area (Å²) in [6.07, 6.45) is 0.795. The summed E-state index contributed by atoms with van der Waals surface area (Å²) in [5.74, 6) is -2.22. The predicted octanol–water partition coefficient (Wildman–Crippen LogP) is 3.20. The summed E-state index contributed by atoms with van der Waals surface area (Å²) in [4.78, 5) is 52.0. The third-order valence-electron chi connectivity index (χ3n) is 3.74. The van der Waals surface area contributed by atoms with Gasteiger partial charge < -0.3 is 20.1 Å². The number of benzene rings is 1. The zero-order valence-corrected chi connectivity index (χ0v) is 19.4. The number of carbonyl (C=O) groups is 4. The summed E-state index contributed by atoms with van der Waals surface area (Å²) < 4.78 is 9.63. The van der Waals surface area contributed by atoms with E-state index in [-0.39, 0.29) is 16.3 Å². The Morgan fingerprint density at radius 2 is 1.64 bits per heavy atom. The van der Waals surface area contributed by atoms with Crippen molar-refractivity contribution in [1.82, 2.24) is 15.6 Å². The minimum absolute atomic E-state index is 0.238. The van der Waals surface area contributed by atoms with Crippen molar-refractivity contribution in [3.8, 4) is 10.6 Å². The van der Waals surface area contributed by atoms with Crippen LogP contribution >= 0.6 is 11.3 Å². The first-order valence-electron chi connectivity index (χ1n) is 9.54. The molecule has 3 N–H and O–H groups in total. The molecule has 0 atom stereocenters. The molecule has 11 heteroatoms. The average Bonchev–Trinajstić information content (AvgIpc) is 3.22. The Kier molecular flexibility index (Phi) is 8.08. The molecule has 0 radical (unpaired) electrons. The Bertz CT molecular complexity index is 1100. The minimum Gasteiger partial charge on any atom is -0.464 e. The lowest BCUT2D eigenvalue weighted by Gasteiger charge is -2.19. The quantitative estimate of drug-likeness (QED) is 0.416. The zero-order valence-electron chi connectivity index (χ0n) is 18.6. The molecule has 2 rings (SSSR count). The first kappa shape index (κ1) is 25.3. The topological polar surface area (TPSA) is 136 Å². The number of nitrogens with one attached hydrogen (secondary N) is 3. The number of amides is 3. The van der Waals surface area contributed by atoms with Gasteiger partial charge in [0.25, 0.3) is 11.8 Å². The number of anilines is 1. The smallest absolute Gasteiger partial charge is 0.412 e. The van der Waals surface area contributed by atoms with E-state index in [0.717, 1.165) is 24.0 Å². The number of esters is 1. The lowest BCUT2D eigenvalue weighted by molar-refractivity contribution is -0.137. The highest BCUT2D eigenvalue weighted by molar-refractivity contribution is 7.16. The number of methoxy groups -OCH3 is 1. The van der Waals surface area contributed by atoms with Crippen LogP contribution in [0.3, 0.4) is 0 Å². The number of thiazole rings is 1. The fraction of sp³-hybridized carbons (Fsp3) is 0.227. The van der Waals surface area contributed by atoms with E-state index in [1.165, 1.54) is 6.20 Å². The Hall–Kier alpha value is -3.99. The number of hydrogen-bond acceptors (Lipinski definition) is 8. The molecule has 0 aliphatic rings. The van der Waals surface area contributed by atoms with Crippen molar-refractivity contribution in [2.24, 2.45) is 0 Å². The molecule has 0 aliphatic carbocycles. The molecule has 1 aromatic carbocycles. The van der Waals surface area contributed by atoms with E-state index in [4.69, 9.17) is 4.74 Å². The summed E-state index contributed by atoms with van der Waals surface area (Å²) >= 11 is 1.10. The van der Waals surface area contributed by atoms with Crippen molar-refractivity contribution < 1.29 is 28.7 Å². The average molecular weight is 473 g/mol. The molecule has 0 saturated heterocycles. The Labute approximate surface area is 194 Å². The second-order valence-electron chi connectivity index (χ2n) is 7.59. The number of carbonyl (C=O) groups excluding carboxylic acids is 4. The molecule has 1 aromatic heterocycles. The van der Waals surface area contributed by atoms with Gasteiger partial charge >= 0.3 is 12.1 Å². The maximum absolute atomic E-state index is 12.4. The zero-order chi connectivity index (χ0) is 24.8. The molecule has 0 saturated carbocycles. The van der Waals surface area contributed by atoms with E-state index in [2.05, 4.69) is 38.8 Å². The van der Waals surface area contributed by atoms with Crippen molar-refractivity contribution >= 4 is 40.9 Å². The summed E-state index contributed by atoms with van der Waals surface area (Å²) in [7, 11) is 1.14. The molecule has 0 spiro atoms. The first-order valence-corrected chi connectivity index (χ1v) is 10.4. The van der Waals surface area contributed by atoms with Crippen LogP contribution in [0.25, 0.3) is 10.6 Å². The molecule has 0 fully saturated rings. The molecule has 1 heterocycles. The van der Waals surface area contributed by atoms with E-state index < -0.39 is 29.5 Å². The standard InChI is InChI=1S/C22H24N4O6S/c1-12(17(27)25-13(2)20(29)31-6)24-18(28)16-11-23-19(33-16)14-7-9-15(10-8-14)26-21(30)32-22(3,4)5/h7-11H,1-2H2,3-6H3,(H,24,28)(H,25,27)(H,26,30). The van der Waals surface area contributed by atoms with Crippen molar-refractivity contribution in [3.63, 3.8) is 0 Å². The molecule has 174 valence electrons. The van der Waals surface area contributed by atoms with Crippen molar-refractivity contribution in [3.05, 3.63) is 59.9 Å². The van der Waals surface area contributed by atoms with Gasteiger partial charge in [-0.25, -0.2) is 14.6 Å². The van der Waals surface area contributed by atoms with Gasteiger partial charge in [0.2, 0.25) is 0 Å². The number of hydrogen-bond donors (Lipinski definition) is 3. The summed E-state index contributed by atoms with van der Waals surface area (Å²) in [6, 6.07) is 6.83. The fourth-order valence-electron chi connectivity index (χ4n) is 2.27. The molecular formula is C22H24N4O6S. The highest BCUT2D eigenvalue weighted by atomic mass is 32.1. The van der Waals surface area contributed by atoms with E-state index in [0.29, 0.717) is 10.7 Å². The van der Waals surface area contributed by atoms with Gasteiger partial charge in [-0.2, -0.15) is 0 Å². The second kappa shape index (κ2) is 10.6. The van der Waals surface area contributed by atoms with E-state index in [1.807, 2.05) is 0 Å². The minimum atomic E-state index is -0.818. The molecule has 2 aromatic rings. The van der Waals surface area contributed by atoms with Crippen LogP contribution in [0.5, 0.6) is 0 Å². The van der Waals surface area contributed by atoms with Crippen LogP contribution < -0.4 is 16.0 Å². The van der Waals surface area contributed by atoms with Crippen LogP contribution in [0.1, 0.15) is 30.4 Å². The molecular weight excluding hydrogens is 448 g/mol. The van der Waals surface area contributed by atoms with E-state index in [1.54, 1.807) is 45.0 Å². The summed E-state index contributed by atoms with van der Waals surface area (Å²) in [5, 5.41) is 7.70. The van der Waals surface area contributed by atoms with Crippen molar-refractivity contribution in [2.45, 2.75) is 26.4 Å². The van der Waals surface area contributed by atoms with Gasteiger partial charge in [0, 0.05) is 11.3 Å². The van der Waals surface area contributed by atoms with Gasteiger partial charge in [-0.3, -0.25) is 14.9 Å². The third-order valence-corrected chi connectivity index (χ3v) is 4.79. The van der Waals surface area contributed by atoms with Crippen molar-refractivity contribution in [2.75, 3.05) is 12.4 Å². The molecule has 0 bridgehead atoms. The fourth-order valence-corrected chi connectivity index (χ4v) is 3.09. The molecule has 10 nitrogen and oxygen atoms in total. The SMILES string of the molecule is C=C(NC(=O)c1cnc(-c2ccc(NC(=O)OC(C)(C)C)cc2)s1)C(=O)NC(=C)C(=O)OC. The summed E-state index contributed by atoms with van der Waals surface area (Å²) in [5.41, 5.74) is 0.0849. The number of nitrogens with zero attached hydrogens (tertiary/aromatic N) is 1. The van der Waals surface area contributed by atoms with Gasteiger partial charge in [0.05, 0.1) is 19.0 Å². The van der Waals surface area contributed by atoms with Crippen molar-refractivity contribution in [1.29, 1.82) is 0 Å². The highest BCUT2D eigenvalue weighted by Crippen LogP contribution is 2.26. The lowest BCUT2D eigenvalue weighted by atomic mass is 10.2. The first-order chi connectivity index (χ1) is 15.4. The van der Waals surface area contributed by atoms with Gasteiger partial charge in [0.1, 0.15) is 21.2 Å². The van der Waals surface area contributed by atoms with Crippen LogP contribution in [-0.2, 0) is 19.1 Å². The number of ether oxygens (including phenoxy) is 2. The van der Waals surface area contributed by atoms with Crippen LogP contribution in [0.4, 0.5) is 10.5 Å². The van der Waals surface area contributed by atoms with E-state index >= 15 is 0 Å². The normalized spacial score (nSPS) is 10.5. The highest BCUT2D eigenvalue weighted by Gasteiger charge is 2.19. The number of rotatable bonds is 7. The molecule has 0 unspecified atom stereocenters. The second-order valence-corrected chi connectivity index (χ2v) is 8.62. The van der Waals surface area contributed by atoms with Gasteiger partial charge in [0.15, 0.2) is 0 Å². The monoisotopic (exact) mass is 472 g/mol. The molecule has 33 heavy (non-hydrogen) atoms. The molecule has 0 aliphatic heterocycles. The lowest BCUT2D eigenvalue weighted by Crippen LogP contribution is -2.35. The van der Waals surface area contributed by atoms with E-state index in [9.17, 15) is 19.2 Å². The van der Waals surface area contributed by atoms with Crippen LogP contribution in [0.15, 0.2) is 55.0 Å². The van der Waals surface area contributed by atoms with Gasteiger partial charge in [-0.1, -0.05) is 13.2 Å². The largest absolute Gasteiger partial charge is 0.464 e. The Morgan fingerprint density at radius 1 is 1.00 bits per heavy atom. The maximum Gasteiger partial charge on any atom is 0.412 e. The van der Waals surface area contributed by atoms with Crippen LogP contribution in [0.2, 0.25) is 0 Å². The Balaban J connectivity index is 1.98. The molecule has 3 amide bonds. The van der Waals surface area contributed by atoms with Crippen LogP contribution in [-0.4, -0.2) is 41.6 Å². The maximum atomic E-state index is 12.4. The summed E-state index contributed by atoms with van der Waals surface area (Å²) in [6.45, 7) is 12.2. The predicted molar refractivity (Wildman–Crippen MR) is 123 cm³/mol. The van der Waals surface area contributed by atoms with Gasteiger partial charge in [-0.15, -0.1) is 11.3 Å². The van der Waals surface area contributed by atoms with Gasteiger partial charge in [-0.05, 0) is 45.0 Å². The third kappa shape index (κ3) is 7.58. The van der Waals surface area contributed by atoms with Crippen LogP contribution in [0, 0.1) is 0 Å². The number of aromatic nitrogens is 1. The Morgan fingerprint density at radius 3 is 2.21 bits per heavy atom.